The molecule has 0 bridgehead atoms. The van der Waals surface area contributed by atoms with Crippen molar-refractivity contribution in [2.75, 3.05) is 6.54 Å². The van der Waals surface area contributed by atoms with Crippen LogP contribution in [0.25, 0.3) is 0 Å². The Hall–Kier alpha value is -0.846. The number of guanidine groups is 1. The minimum absolute atomic E-state index is 0. The SMILES string of the molecule is N=C(N)NCCC[C@@H](N)C(=O)O.O.[Ni]. The third kappa shape index (κ3) is 11.2. The zero-order valence-corrected chi connectivity index (χ0v) is 8.51. The van der Waals surface area contributed by atoms with Crippen molar-refractivity contribution in [3.05, 3.63) is 0 Å². The topological polar surface area (TPSA) is 157 Å². The first kappa shape index (κ1) is 18.8. The first-order valence-electron chi connectivity index (χ1n) is 3.60. The molecule has 0 aromatic carbocycles. The smallest absolute Gasteiger partial charge is 0.320 e. The Morgan fingerprint density at radius 1 is 1.57 bits per heavy atom. The van der Waals surface area contributed by atoms with Crippen LogP contribution in [0.5, 0.6) is 0 Å². The fourth-order valence-electron chi connectivity index (χ4n) is 0.669. The predicted octanol–water partition coefficient (Wildman–Crippen LogP) is -2.17. The quantitative estimate of drug-likeness (QED) is 0.162. The van der Waals surface area contributed by atoms with Crippen LogP contribution in [0.4, 0.5) is 0 Å². The van der Waals surface area contributed by atoms with Crippen LogP contribution >= 0.6 is 0 Å². The zero-order chi connectivity index (χ0) is 9.56. The van der Waals surface area contributed by atoms with E-state index >= 15 is 0 Å². The van der Waals surface area contributed by atoms with Crippen molar-refractivity contribution in [1.29, 1.82) is 5.41 Å². The van der Waals surface area contributed by atoms with Gasteiger partial charge in [0.1, 0.15) is 6.04 Å². The van der Waals surface area contributed by atoms with Gasteiger partial charge in [-0.2, -0.15) is 0 Å². The Morgan fingerprint density at radius 3 is 2.43 bits per heavy atom. The molecule has 7 nitrogen and oxygen atoms in total. The van der Waals surface area contributed by atoms with Crippen LogP contribution < -0.4 is 16.8 Å². The number of nitrogens with two attached hydrogens (primary N) is 2. The molecule has 0 rings (SSSR count). The predicted molar refractivity (Wildman–Crippen MR) is 48.4 cm³/mol. The number of hydrogen-bond donors (Lipinski definition) is 5. The third-order valence-electron chi connectivity index (χ3n) is 1.32. The van der Waals surface area contributed by atoms with E-state index in [0.29, 0.717) is 19.4 Å². The first-order valence-corrected chi connectivity index (χ1v) is 3.60. The minimum atomic E-state index is -1.00. The van der Waals surface area contributed by atoms with Crippen LogP contribution in [0.3, 0.4) is 0 Å². The molecular formula is C6H16N4NiO3. The van der Waals surface area contributed by atoms with Gasteiger partial charge in [0.15, 0.2) is 5.96 Å². The van der Waals surface area contributed by atoms with Crippen LogP contribution in [0.2, 0.25) is 0 Å². The largest absolute Gasteiger partial charge is 0.480 e. The van der Waals surface area contributed by atoms with Gasteiger partial charge in [0, 0.05) is 23.0 Å². The molecule has 8 heteroatoms. The number of carboxylic acids is 1. The Balaban J connectivity index is -0.000000605. The van der Waals surface area contributed by atoms with E-state index in [4.69, 9.17) is 22.0 Å². The second kappa shape index (κ2) is 10.2. The van der Waals surface area contributed by atoms with E-state index in [2.05, 4.69) is 5.32 Å². The molecule has 14 heavy (non-hydrogen) atoms. The van der Waals surface area contributed by atoms with E-state index in [9.17, 15) is 4.79 Å². The second-order valence-electron chi connectivity index (χ2n) is 2.43. The molecule has 0 fully saturated rings. The molecule has 0 aliphatic carbocycles. The van der Waals surface area contributed by atoms with Gasteiger partial charge in [0.05, 0.1) is 0 Å². The normalized spacial score (nSPS) is 10.4. The molecule has 0 radical (unpaired) electrons. The molecule has 0 unspecified atom stereocenters. The standard InChI is InChI=1S/C6H14N4O2.Ni.H2O/c7-4(5(11)12)2-1-3-10-6(8)9;;/h4H,1-3,7H2,(H,11,12)(H4,8,9,10);;1H2/t4-;;/m1../s1. The minimum Gasteiger partial charge on any atom is -0.480 e. The van der Waals surface area contributed by atoms with E-state index in [0.717, 1.165) is 0 Å². The Labute approximate surface area is 92.0 Å². The maximum Gasteiger partial charge on any atom is 0.320 e. The maximum absolute atomic E-state index is 10.2. The molecular weight excluding hydrogens is 235 g/mol. The average molecular weight is 251 g/mol. The summed E-state index contributed by atoms with van der Waals surface area (Å²) in [6, 6.07) is -0.821. The van der Waals surface area contributed by atoms with Crippen molar-refractivity contribution in [1.82, 2.24) is 5.32 Å². The molecule has 0 saturated heterocycles. The fraction of sp³-hybridized carbons (Fsp3) is 0.667. The molecule has 1 atom stereocenters. The average Bonchev–Trinajstić information content (AvgIpc) is 1.97. The molecule has 0 spiro atoms. The van der Waals surface area contributed by atoms with Gasteiger partial charge in [-0.3, -0.25) is 10.2 Å². The molecule has 0 amide bonds. The van der Waals surface area contributed by atoms with Gasteiger partial charge in [0.2, 0.25) is 0 Å². The summed E-state index contributed by atoms with van der Waals surface area (Å²) in [5.74, 6) is -1.11. The second-order valence-corrected chi connectivity index (χ2v) is 2.43. The number of aliphatic carboxylic acids is 1. The van der Waals surface area contributed by atoms with Gasteiger partial charge in [-0.25, -0.2) is 0 Å². The third-order valence-corrected chi connectivity index (χ3v) is 1.32. The number of hydrogen-bond acceptors (Lipinski definition) is 3. The molecule has 0 saturated carbocycles. The molecule has 0 heterocycles. The van der Waals surface area contributed by atoms with Crippen LogP contribution in [-0.2, 0) is 21.3 Å². The summed E-state index contributed by atoms with van der Waals surface area (Å²) in [5, 5.41) is 17.7. The van der Waals surface area contributed by atoms with Crippen LogP contribution in [-0.4, -0.2) is 35.1 Å². The van der Waals surface area contributed by atoms with Crippen molar-refractivity contribution in [3.63, 3.8) is 0 Å². The van der Waals surface area contributed by atoms with E-state index in [1.54, 1.807) is 0 Å². The summed E-state index contributed by atoms with van der Waals surface area (Å²) in [6.45, 7) is 0.482. The van der Waals surface area contributed by atoms with Gasteiger partial charge in [-0.15, -0.1) is 0 Å². The first-order chi connectivity index (χ1) is 5.54. The Morgan fingerprint density at radius 2 is 2.07 bits per heavy atom. The summed E-state index contributed by atoms with van der Waals surface area (Å²) < 4.78 is 0. The summed E-state index contributed by atoms with van der Waals surface area (Å²) >= 11 is 0. The van der Waals surface area contributed by atoms with Crippen LogP contribution in [0.1, 0.15) is 12.8 Å². The van der Waals surface area contributed by atoms with Crippen molar-refractivity contribution in [2.45, 2.75) is 18.9 Å². The van der Waals surface area contributed by atoms with Gasteiger partial charge in [-0.1, -0.05) is 0 Å². The van der Waals surface area contributed by atoms with Crippen molar-refractivity contribution < 1.29 is 31.9 Å². The maximum atomic E-state index is 10.2. The Bertz CT molecular complexity index is 178. The van der Waals surface area contributed by atoms with Crippen LogP contribution in [0, 0.1) is 5.41 Å². The van der Waals surface area contributed by atoms with Crippen LogP contribution in [0.15, 0.2) is 0 Å². The zero-order valence-electron chi connectivity index (χ0n) is 7.53. The van der Waals surface area contributed by atoms with Gasteiger partial charge < -0.3 is 27.4 Å². The molecule has 88 valence electrons. The monoisotopic (exact) mass is 250 g/mol. The van der Waals surface area contributed by atoms with E-state index in [-0.39, 0.29) is 27.9 Å². The van der Waals surface area contributed by atoms with Crippen molar-refractivity contribution in [2.24, 2.45) is 11.5 Å². The summed E-state index contributed by atoms with van der Waals surface area (Å²) in [5.41, 5.74) is 10.2. The number of carbonyl (C=O) groups is 1. The molecule has 0 aliphatic heterocycles. The van der Waals surface area contributed by atoms with Gasteiger partial charge in [-0.05, 0) is 12.8 Å². The molecule has 0 aromatic rings. The van der Waals surface area contributed by atoms with E-state index < -0.39 is 12.0 Å². The summed E-state index contributed by atoms with van der Waals surface area (Å²) in [4.78, 5) is 10.2. The number of nitrogens with one attached hydrogen (secondary N) is 2. The molecule has 0 aromatic heterocycles. The Kier molecular flexibility index (Phi) is 13.8. The van der Waals surface area contributed by atoms with Crippen molar-refractivity contribution >= 4 is 11.9 Å². The summed E-state index contributed by atoms with van der Waals surface area (Å²) in [6.07, 6.45) is 0.975. The van der Waals surface area contributed by atoms with Gasteiger partial charge in [0.25, 0.3) is 0 Å². The van der Waals surface area contributed by atoms with E-state index in [1.165, 1.54) is 0 Å². The summed E-state index contributed by atoms with van der Waals surface area (Å²) in [7, 11) is 0. The molecule has 9 N–H and O–H groups in total. The number of rotatable bonds is 5. The fourth-order valence-corrected chi connectivity index (χ4v) is 0.669. The number of carboxylic acid groups (broad SMARTS) is 1. The van der Waals surface area contributed by atoms with Crippen molar-refractivity contribution in [3.8, 4) is 0 Å². The van der Waals surface area contributed by atoms with Gasteiger partial charge >= 0.3 is 5.97 Å². The van der Waals surface area contributed by atoms with E-state index in [1.807, 2.05) is 0 Å². The molecule has 0 aliphatic rings.